The average Bonchev–Trinajstić information content (AvgIpc) is 2.96. The summed E-state index contributed by atoms with van der Waals surface area (Å²) in [6.45, 7) is 1.69. The van der Waals surface area contributed by atoms with Crippen molar-refractivity contribution in [2.75, 3.05) is 30.5 Å². The predicted octanol–water partition coefficient (Wildman–Crippen LogP) is 4.81. The number of imide groups is 2. The molecule has 0 saturated carbocycles. The van der Waals surface area contributed by atoms with Crippen molar-refractivity contribution in [1.82, 2.24) is 5.32 Å². The number of hydrogen-bond acceptors (Lipinski definition) is 8. The summed E-state index contributed by atoms with van der Waals surface area (Å²) in [5, 5.41) is 5.21. The number of hydrogen-bond donors (Lipinski definition) is 2. The van der Waals surface area contributed by atoms with E-state index in [2.05, 4.69) is 15.4 Å². The molecule has 13 heteroatoms. The Labute approximate surface area is 258 Å². The number of barbiturate groups is 1. The number of nitrogens with zero attached hydrogens (tertiary/aromatic N) is 1. The van der Waals surface area contributed by atoms with Crippen LogP contribution in [0.3, 0.4) is 0 Å². The maximum Gasteiger partial charge on any atom is 0.337 e. The Morgan fingerprint density at radius 3 is 2.43 bits per heavy atom. The van der Waals surface area contributed by atoms with Crippen molar-refractivity contribution in [3.05, 3.63) is 86.0 Å². The van der Waals surface area contributed by atoms with Crippen LogP contribution in [-0.2, 0) is 19.1 Å². The lowest BCUT2D eigenvalue weighted by molar-refractivity contribution is -0.122. The van der Waals surface area contributed by atoms with Crippen LogP contribution in [0.15, 0.2) is 66.2 Å². The molecule has 1 saturated heterocycles. The summed E-state index contributed by atoms with van der Waals surface area (Å²) < 4.78 is 16.7. The number of benzene rings is 3. The van der Waals surface area contributed by atoms with Crippen molar-refractivity contribution >= 4 is 81.4 Å². The van der Waals surface area contributed by atoms with Crippen LogP contribution < -0.4 is 25.0 Å². The van der Waals surface area contributed by atoms with Crippen molar-refractivity contribution in [1.29, 1.82) is 0 Å². The molecular weight excluding hydrogens is 681 g/mol. The number of amides is 5. The number of ether oxygens (including phenoxy) is 3. The van der Waals surface area contributed by atoms with Crippen molar-refractivity contribution in [3.8, 4) is 11.5 Å². The molecule has 42 heavy (non-hydrogen) atoms. The number of methoxy groups -OCH3 is 1. The van der Waals surface area contributed by atoms with E-state index in [0.717, 1.165) is 4.90 Å². The summed E-state index contributed by atoms with van der Waals surface area (Å²) in [7, 11) is 1.23. The molecule has 5 amide bonds. The van der Waals surface area contributed by atoms with E-state index in [-0.39, 0.29) is 41.5 Å². The van der Waals surface area contributed by atoms with Gasteiger partial charge in [0.25, 0.3) is 17.7 Å². The number of nitrogens with one attached hydrogen (secondary N) is 2. The molecular formula is C29H23ClIN3O8. The summed E-state index contributed by atoms with van der Waals surface area (Å²) in [5.74, 6) is -2.20. The lowest BCUT2D eigenvalue weighted by Gasteiger charge is -2.26. The van der Waals surface area contributed by atoms with Gasteiger partial charge in [0.15, 0.2) is 18.1 Å². The van der Waals surface area contributed by atoms with E-state index in [9.17, 15) is 24.0 Å². The maximum atomic E-state index is 13.3. The molecule has 3 aromatic carbocycles. The van der Waals surface area contributed by atoms with Gasteiger partial charge in [-0.05, 0) is 89.7 Å². The molecule has 0 radical (unpaired) electrons. The van der Waals surface area contributed by atoms with Crippen molar-refractivity contribution in [3.63, 3.8) is 0 Å². The predicted molar refractivity (Wildman–Crippen MR) is 163 cm³/mol. The minimum Gasteiger partial charge on any atom is -0.490 e. The van der Waals surface area contributed by atoms with Crippen LogP contribution in [-0.4, -0.2) is 50.0 Å². The normalized spacial score (nSPS) is 14.0. The topological polar surface area (TPSA) is 140 Å². The van der Waals surface area contributed by atoms with Gasteiger partial charge < -0.3 is 19.5 Å². The van der Waals surface area contributed by atoms with Crippen LogP contribution in [0.2, 0.25) is 5.02 Å². The number of anilines is 2. The Kier molecular flexibility index (Phi) is 9.80. The third-order valence-corrected chi connectivity index (χ3v) is 6.92. The second-order valence-electron chi connectivity index (χ2n) is 8.58. The Balaban J connectivity index is 1.58. The molecule has 216 valence electrons. The summed E-state index contributed by atoms with van der Waals surface area (Å²) in [4.78, 5) is 63.5. The molecule has 0 spiro atoms. The molecule has 0 aliphatic carbocycles. The van der Waals surface area contributed by atoms with Gasteiger partial charge in [-0.15, -0.1) is 0 Å². The molecule has 0 unspecified atom stereocenters. The van der Waals surface area contributed by atoms with Gasteiger partial charge in [0.05, 0.1) is 39.2 Å². The van der Waals surface area contributed by atoms with Gasteiger partial charge in [-0.2, -0.15) is 0 Å². The molecule has 0 bridgehead atoms. The Morgan fingerprint density at radius 1 is 1.05 bits per heavy atom. The van der Waals surface area contributed by atoms with Crippen LogP contribution in [0.25, 0.3) is 6.08 Å². The highest BCUT2D eigenvalue weighted by Crippen LogP contribution is 2.35. The standard InChI is InChI=1S/C29H23ClIN3O8/c1-3-41-23-14-16(13-21(31)25(23)42-15-24(35)32-22-7-5-4-6-20(22)30)12-19-26(36)33-29(39)34(27(19)37)18-10-8-17(9-11-18)28(38)40-2/h4-14H,3,15H2,1-2H3,(H,32,35)(H,33,36,39)/b19-12-. The number of carbonyl (C=O) groups is 5. The smallest absolute Gasteiger partial charge is 0.337 e. The van der Waals surface area contributed by atoms with Gasteiger partial charge in [0.2, 0.25) is 0 Å². The number of urea groups is 1. The Morgan fingerprint density at radius 2 is 1.76 bits per heavy atom. The highest BCUT2D eigenvalue weighted by Gasteiger charge is 2.37. The molecule has 2 N–H and O–H groups in total. The van der Waals surface area contributed by atoms with Crippen LogP contribution in [0, 0.1) is 3.57 Å². The third kappa shape index (κ3) is 6.89. The molecule has 1 aliphatic rings. The first-order valence-electron chi connectivity index (χ1n) is 12.4. The summed E-state index contributed by atoms with van der Waals surface area (Å²) >= 11 is 8.08. The van der Waals surface area contributed by atoms with Crippen LogP contribution in [0.4, 0.5) is 16.2 Å². The first kappa shape index (κ1) is 30.5. The fourth-order valence-electron chi connectivity index (χ4n) is 3.88. The lowest BCUT2D eigenvalue weighted by atomic mass is 10.1. The summed E-state index contributed by atoms with van der Waals surface area (Å²) in [6, 6.07) is 14.6. The number of esters is 1. The molecule has 3 aromatic rings. The van der Waals surface area contributed by atoms with E-state index in [1.165, 1.54) is 37.5 Å². The van der Waals surface area contributed by atoms with Gasteiger partial charge in [0, 0.05) is 0 Å². The molecule has 0 aromatic heterocycles. The molecule has 4 rings (SSSR count). The van der Waals surface area contributed by atoms with Gasteiger partial charge in [-0.1, -0.05) is 23.7 Å². The van der Waals surface area contributed by atoms with E-state index in [0.29, 0.717) is 19.8 Å². The van der Waals surface area contributed by atoms with Crippen molar-refractivity contribution in [2.24, 2.45) is 0 Å². The maximum absolute atomic E-state index is 13.3. The van der Waals surface area contributed by atoms with Crippen molar-refractivity contribution < 1.29 is 38.2 Å². The van der Waals surface area contributed by atoms with Crippen LogP contribution in [0.1, 0.15) is 22.8 Å². The molecule has 11 nitrogen and oxygen atoms in total. The van der Waals surface area contributed by atoms with Gasteiger partial charge in [-0.25, -0.2) is 14.5 Å². The van der Waals surface area contributed by atoms with Gasteiger partial charge >= 0.3 is 12.0 Å². The fraction of sp³-hybridized carbons (Fsp3) is 0.138. The second kappa shape index (κ2) is 13.5. The molecule has 1 fully saturated rings. The summed E-state index contributed by atoms with van der Waals surface area (Å²) in [6.07, 6.45) is 1.32. The summed E-state index contributed by atoms with van der Waals surface area (Å²) in [5.41, 5.74) is 0.908. The average molecular weight is 704 g/mol. The Hall–Kier alpha value is -4.43. The first-order chi connectivity index (χ1) is 20.1. The lowest BCUT2D eigenvalue weighted by Crippen LogP contribution is -2.54. The quantitative estimate of drug-likeness (QED) is 0.140. The zero-order chi connectivity index (χ0) is 30.4. The first-order valence-corrected chi connectivity index (χ1v) is 13.8. The monoisotopic (exact) mass is 703 g/mol. The molecule has 1 heterocycles. The third-order valence-electron chi connectivity index (χ3n) is 5.79. The van der Waals surface area contributed by atoms with E-state index in [1.807, 2.05) is 22.6 Å². The van der Waals surface area contributed by atoms with Crippen LogP contribution in [0.5, 0.6) is 11.5 Å². The second-order valence-corrected chi connectivity index (χ2v) is 10.1. The number of halogens is 2. The van der Waals surface area contributed by atoms with E-state index < -0.39 is 29.7 Å². The zero-order valence-electron chi connectivity index (χ0n) is 22.2. The van der Waals surface area contributed by atoms with Gasteiger partial charge in [-0.3, -0.25) is 19.7 Å². The highest BCUT2D eigenvalue weighted by molar-refractivity contribution is 14.1. The highest BCUT2D eigenvalue weighted by atomic mass is 127. The SMILES string of the molecule is CCOc1cc(/C=C2/C(=O)NC(=O)N(c3ccc(C(=O)OC)cc3)C2=O)cc(I)c1OCC(=O)Nc1ccccc1Cl. The minimum atomic E-state index is -0.934. The van der Waals surface area contributed by atoms with E-state index in [4.69, 9.17) is 21.1 Å². The largest absolute Gasteiger partial charge is 0.490 e. The molecule has 1 aliphatic heterocycles. The van der Waals surface area contributed by atoms with E-state index >= 15 is 0 Å². The van der Waals surface area contributed by atoms with Gasteiger partial charge in [0.1, 0.15) is 5.57 Å². The minimum absolute atomic E-state index is 0.145. The Bertz CT molecular complexity index is 1610. The molecule has 0 atom stereocenters. The zero-order valence-corrected chi connectivity index (χ0v) is 25.1. The number of rotatable bonds is 9. The van der Waals surface area contributed by atoms with Crippen LogP contribution >= 0.6 is 34.2 Å². The fourth-order valence-corrected chi connectivity index (χ4v) is 4.85. The number of para-hydroxylation sites is 1. The van der Waals surface area contributed by atoms with Crippen molar-refractivity contribution in [2.45, 2.75) is 6.92 Å². The number of carbonyl (C=O) groups excluding carboxylic acids is 5. The van der Waals surface area contributed by atoms with E-state index in [1.54, 1.807) is 43.3 Å².